The molecule has 0 bridgehead atoms. The van der Waals surface area contributed by atoms with Gasteiger partial charge in [0, 0.05) is 38.5 Å². The van der Waals surface area contributed by atoms with Gasteiger partial charge in [0.25, 0.3) is 0 Å². The topological polar surface area (TPSA) is 29.5 Å². The maximum Gasteiger partial charge on any atom is 0.159 e. The summed E-state index contributed by atoms with van der Waals surface area (Å²) in [6, 6.07) is 66.1. The van der Waals surface area contributed by atoms with Gasteiger partial charge in [-0.2, -0.15) is 0 Å². The van der Waals surface area contributed by atoms with E-state index in [4.69, 9.17) is 8.83 Å². The van der Waals surface area contributed by atoms with E-state index in [-0.39, 0.29) is 0 Å². The molecule has 10 rings (SSSR count). The van der Waals surface area contributed by atoms with Gasteiger partial charge in [0.15, 0.2) is 5.58 Å². The average molecular weight is 654 g/mol. The fraction of sp³-hybridized carbons (Fsp3) is 0. The van der Waals surface area contributed by atoms with E-state index in [0.29, 0.717) is 0 Å². The molecule has 0 N–H and O–H groups in total. The first-order valence-electron chi connectivity index (χ1n) is 17.3. The molecule has 0 fully saturated rings. The summed E-state index contributed by atoms with van der Waals surface area (Å²) in [6.45, 7) is 0. The van der Waals surface area contributed by atoms with E-state index < -0.39 is 0 Å². The summed E-state index contributed by atoms with van der Waals surface area (Å²) < 4.78 is 13.0. The van der Waals surface area contributed by atoms with E-state index in [1.165, 1.54) is 11.1 Å². The second-order valence-electron chi connectivity index (χ2n) is 12.9. The van der Waals surface area contributed by atoms with Crippen molar-refractivity contribution >= 4 is 60.9 Å². The quantitative estimate of drug-likeness (QED) is 0.179. The molecule has 51 heavy (non-hydrogen) atoms. The van der Waals surface area contributed by atoms with Crippen LogP contribution in [0.25, 0.3) is 77.3 Å². The smallest absolute Gasteiger partial charge is 0.159 e. The maximum atomic E-state index is 6.55. The zero-order valence-corrected chi connectivity index (χ0v) is 27.7. The molecule has 0 spiro atoms. The van der Waals surface area contributed by atoms with E-state index in [9.17, 15) is 0 Å². The summed E-state index contributed by atoms with van der Waals surface area (Å²) in [6.07, 6.45) is 0. The minimum atomic E-state index is 0.863. The van der Waals surface area contributed by atoms with Crippen LogP contribution in [0.15, 0.2) is 197 Å². The van der Waals surface area contributed by atoms with Crippen molar-refractivity contribution in [2.45, 2.75) is 0 Å². The molecule has 0 saturated carbocycles. The molecular formula is C48H31NO2. The summed E-state index contributed by atoms with van der Waals surface area (Å²) in [7, 11) is 0. The molecule has 0 unspecified atom stereocenters. The molecule has 0 atom stereocenters. The van der Waals surface area contributed by atoms with E-state index >= 15 is 0 Å². The number of fused-ring (bicyclic) bond motifs is 6. The number of para-hydroxylation sites is 3. The lowest BCUT2D eigenvalue weighted by Crippen LogP contribution is -2.10. The molecule has 0 radical (unpaired) electrons. The van der Waals surface area contributed by atoms with E-state index in [2.05, 4.69) is 175 Å². The van der Waals surface area contributed by atoms with Crippen LogP contribution in [0.1, 0.15) is 0 Å². The summed E-state index contributed by atoms with van der Waals surface area (Å²) in [5.74, 6) is 0. The minimum absolute atomic E-state index is 0.863. The molecule has 0 amide bonds. The van der Waals surface area contributed by atoms with Crippen LogP contribution in [0.3, 0.4) is 0 Å². The fourth-order valence-corrected chi connectivity index (χ4v) is 7.40. The Balaban J connectivity index is 1.07. The average Bonchev–Trinajstić information content (AvgIpc) is 3.78. The van der Waals surface area contributed by atoms with Gasteiger partial charge in [-0.3, -0.25) is 0 Å². The molecule has 10 aromatic rings. The molecule has 0 aliphatic rings. The Labute approximate surface area is 295 Å². The summed E-state index contributed by atoms with van der Waals surface area (Å²) in [5.41, 5.74) is 13.5. The maximum absolute atomic E-state index is 6.55. The lowest BCUT2D eigenvalue weighted by atomic mass is 10.00. The molecule has 2 aromatic heterocycles. The highest BCUT2D eigenvalue weighted by Gasteiger charge is 2.20. The van der Waals surface area contributed by atoms with Gasteiger partial charge in [-0.05, 0) is 76.3 Å². The Morgan fingerprint density at radius 1 is 0.314 bits per heavy atom. The van der Waals surface area contributed by atoms with Crippen LogP contribution in [0.2, 0.25) is 0 Å². The fourth-order valence-electron chi connectivity index (χ4n) is 7.40. The van der Waals surface area contributed by atoms with Gasteiger partial charge < -0.3 is 13.7 Å². The van der Waals surface area contributed by atoms with Gasteiger partial charge >= 0.3 is 0 Å². The number of anilines is 3. The number of furan rings is 2. The van der Waals surface area contributed by atoms with Gasteiger partial charge in [-0.25, -0.2) is 0 Å². The van der Waals surface area contributed by atoms with Crippen LogP contribution in [0, 0.1) is 0 Å². The zero-order valence-electron chi connectivity index (χ0n) is 27.7. The summed E-state index contributed by atoms with van der Waals surface area (Å²) in [5, 5.41) is 4.44. The zero-order chi connectivity index (χ0) is 33.7. The van der Waals surface area contributed by atoms with Crippen molar-refractivity contribution in [3.05, 3.63) is 188 Å². The van der Waals surface area contributed by atoms with Crippen molar-refractivity contribution in [3.8, 4) is 33.4 Å². The van der Waals surface area contributed by atoms with E-state index in [1.807, 2.05) is 18.2 Å². The number of hydrogen-bond donors (Lipinski definition) is 0. The van der Waals surface area contributed by atoms with Crippen LogP contribution in [0.5, 0.6) is 0 Å². The van der Waals surface area contributed by atoms with E-state index in [0.717, 1.165) is 83.2 Å². The number of hydrogen-bond acceptors (Lipinski definition) is 3. The predicted molar refractivity (Wildman–Crippen MR) is 212 cm³/mol. The van der Waals surface area contributed by atoms with Crippen LogP contribution in [0.4, 0.5) is 17.1 Å². The van der Waals surface area contributed by atoms with Crippen molar-refractivity contribution in [3.63, 3.8) is 0 Å². The van der Waals surface area contributed by atoms with Gasteiger partial charge in [0.2, 0.25) is 0 Å². The standard InChI is InChI=1S/C48H31NO2/c1-3-11-32(12-4-1)33-21-26-37(27-22-33)49(44-19-10-18-41-40-15-7-8-20-45(40)51-48(41)44)38-28-23-34(24-29-38)36-25-30-46-43(31-36)42-17-9-16-39(47(42)50-46)35-13-5-2-6-14-35/h1-31H. The van der Waals surface area contributed by atoms with Crippen LogP contribution < -0.4 is 4.90 Å². The third kappa shape index (κ3) is 4.98. The third-order valence-electron chi connectivity index (χ3n) is 9.90. The number of rotatable bonds is 6. The lowest BCUT2D eigenvalue weighted by molar-refractivity contribution is 0.669. The van der Waals surface area contributed by atoms with Crippen molar-refractivity contribution in [1.29, 1.82) is 0 Å². The largest absolute Gasteiger partial charge is 0.455 e. The van der Waals surface area contributed by atoms with Gasteiger partial charge in [-0.1, -0.05) is 140 Å². The number of nitrogens with zero attached hydrogens (tertiary/aromatic N) is 1. The first-order valence-corrected chi connectivity index (χ1v) is 17.3. The predicted octanol–water partition coefficient (Wildman–Crippen LogP) is 14.0. The van der Waals surface area contributed by atoms with Crippen molar-refractivity contribution < 1.29 is 8.83 Å². The molecule has 8 aromatic carbocycles. The molecular weight excluding hydrogens is 623 g/mol. The minimum Gasteiger partial charge on any atom is -0.455 e. The Morgan fingerprint density at radius 2 is 0.824 bits per heavy atom. The van der Waals surface area contributed by atoms with Crippen molar-refractivity contribution in [1.82, 2.24) is 0 Å². The Kier molecular flexibility index (Phi) is 6.81. The van der Waals surface area contributed by atoms with Crippen LogP contribution in [-0.4, -0.2) is 0 Å². The SMILES string of the molecule is c1ccc(-c2ccc(N(c3ccc(-c4ccc5oc6c(-c7ccccc7)cccc6c5c4)cc3)c3cccc4c3oc3ccccc34)cc2)cc1. The highest BCUT2D eigenvalue weighted by molar-refractivity contribution is 6.11. The summed E-state index contributed by atoms with van der Waals surface area (Å²) >= 11 is 0. The molecule has 3 heteroatoms. The molecule has 3 nitrogen and oxygen atoms in total. The first-order chi connectivity index (χ1) is 25.3. The molecule has 0 aliphatic heterocycles. The molecule has 0 aliphatic carbocycles. The van der Waals surface area contributed by atoms with Gasteiger partial charge in [0.05, 0.1) is 5.69 Å². The highest BCUT2D eigenvalue weighted by Crippen LogP contribution is 2.43. The third-order valence-corrected chi connectivity index (χ3v) is 9.90. The Hall–Kier alpha value is -6.84. The second-order valence-corrected chi connectivity index (χ2v) is 12.9. The first kappa shape index (κ1) is 29.1. The Bertz CT molecular complexity index is 2830. The number of benzene rings is 8. The monoisotopic (exact) mass is 653 g/mol. The van der Waals surface area contributed by atoms with Gasteiger partial charge in [-0.15, -0.1) is 0 Å². The molecule has 0 saturated heterocycles. The van der Waals surface area contributed by atoms with Crippen molar-refractivity contribution in [2.75, 3.05) is 4.90 Å². The van der Waals surface area contributed by atoms with Gasteiger partial charge in [0.1, 0.15) is 16.7 Å². The molecule has 2 heterocycles. The van der Waals surface area contributed by atoms with Crippen LogP contribution >= 0.6 is 0 Å². The normalized spacial score (nSPS) is 11.5. The second kappa shape index (κ2) is 11.9. The van der Waals surface area contributed by atoms with Crippen LogP contribution in [-0.2, 0) is 0 Å². The highest BCUT2D eigenvalue weighted by atomic mass is 16.3. The Morgan fingerprint density at radius 3 is 1.55 bits per heavy atom. The van der Waals surface area contributed by atoms with E-state index in [1.54, 1.807) is 0 Å². The van der Waals surface area contributed by atoms with Crippen molar-refractivity contribution in [2.24, 2.45) is 0 Å². The lowest BCUT2D eigenvalue weighted by Gasteiger charge is -2.26. The summed E-state index contributed by atoms with van der Waals surface area (Å²) in [4.78, 5) is 2.29. The molecule has 240 valence electrons.